The second-order valence-electron chi connectivity index (χ2n) is 4.22. The minimum atomic E-state index is -0.492. The Hall–Kier alpha value is -2.76. The molecule has 4 nitrogen and oxygen atoms in total. The number of benzene rings is 2. The Balaban J connectivity index is 1.92. The predicted octanol–water partition coefficient (Wildman–Crippen LogP) is 3.09. The fourth-order valence-corrected chi connectivity index (χ4v) is 1.88. The summed E-state index contributed by atoms with van der Waals surface area (Å²) in [4.78, 5) is 12.1. The number of fused-ring (bicyclic) bond motifs is 1. The molecule has 0 spiro atoms. The second-order valence-corrected chi connectivity index (χ2v) is 4.22. The van der Waals surface area contributed by atoms with Crippen molar-refractivity contribution in [1.29, 1.82) is 0 Å². The third-order valence-electron chi connectivity index (χ3n) is 2.84. The molecule has 1 aromatic heterocycles. The average Bonchev–Trinajstić information content (AvgIpc) is 2.84. The maximum absolute atomic E-state index is 13.2. The number of rotatable bonds is 2. The summed E-state index contributed by atoms with van der Waals surface area (Å²) in [6.07, 6.45) is 0. The molecule has 0 fully saturated rings. The predicted molar refractivity (Wildman–Crippen MR) is 70.4 cm³/mol. The van der Waals surface area contributed by atoms with Crippen molar-refractivity contribution in [1.82, 2.24) is 10.2 Å². The third-order valence-corrected chi connectivity index (χ3v) is 2.84. The van der Waals surface area contributed by atoms with E-state index in [0.717, 1.165) is 0 Å². The summed E-state index contributed by atoms with van der Waals surface area (Å²) in [6, 6.07) is 9.36. The Morgan fingerprint density at radius 2 is 1.75 bits per heavy atom. The van der Waals surface area contributed by atoms with Crippen LogP contribution in [0.2, 0.25) is 0 Å². The summed E-state index contributed by atoms with van der Waals surface area (Å²) in [7, 11) is 0. The number of carbonyl (C=O) groups is 1. The van der Waals surface area contributed by atoms with E-state index in [0.29, 0.717) is 16.6 Å². The SMILES string of the molecule is O=C(Nc1ccc(F)cc1)c1n[nH]c2ccc(F)cc12. The monoisotopic (exact) mass is 273 g/mol. The summed E-state index contributed by atoms with van der Waals surface area (Å²) < 4.78 is 26.0. The van der Waals surface area contributed by atoms with Crippen LogP contribution in [0.1, 0.15) is 10.5 Å². The Morgan fingerprint density at radius 3 is 2.50 bits per heavy atom. The number of H-pyrrole nitrogens is 1. The van der Waals surface area contributed by atoms with Gasteiger partial charge in [-0.15, -0.1) is 0 Å². The van der Waals surface area contributed by atoms with Crippen molar-refractivity contribution in [3.63, 3.8) is 0 Å². The van der Waals surface area contributed by atoms with E-state index in [2.05, 4.69) is 15.5 Å². The highest BCUT2D eigenvalue weighted by molar-refractivity contribution is 6.11. The highest BCUT2D eigenvalue weighted by atomic mass is 19.1. The first-order valence-corrected chi connectivity index (χ1v) is 5.84. The lowest BCUT2D eigenvalue weighted by atomic mass is 10.2. The van der Waals surface area contributed by atoms with Crippen LogP contribution in [-0.2, 0) is 0 Å². The normalized spacial score (nSPS) is 10.7. The van der Waals surface area contributed by atoms with Gasteiger partial charge in [-0.25, -0.2) is 8.78 Å². The van der Waals surface area contributed by atoms with E-state index in [9.17, 15) is 13.6 Å². The number of nitrogens with zero attached hydrogens (tertiary/aromatic N) is 1. The molecule has 0 aliphatic heterocycles. The summed E-state index contributed by atoms with van der Waals surface area (Å²) >= 11 is 0. The molecule has 2 aromatic carbocycles. The molecular formula is C14H9F2N3O. The van der Waals surface area contributed by atoms with Gasteiger partial charge < -0.3 is 5.32 Å². The highest BCUT2D eigenvalue weighted by Crippen LogP contribution is 2.18. The number of amides is 1. The van der Waals surface area contributed by atoms with Gasteiger partial charge in [-0.3, -0.25) is 9.89 Å². The van der Waals surface area contributed by atoms with Crippen molar-refractivity contribution >= 4 is 22.5 Å². The van der Waals surface area contributed by atoms with Gasteiger partial charge in [-0.1, -0.05) is 0 Å². The van der Waals surface area contributed by atoms with Crippen LogP contribution in [0, 0.1) is 11.6 Å². The quantitative estimate of drug-likeness (QED) is 0.753. The molecule has 20 heavy (non-hydrogen) atoms. The standard InChI is InChI=1S/C14H9F2N3O/c15-8-1-4-10(5-2-8)17-14(20)13-11-7-9(16)3-6-12(11)18-19-13/h1-7H,(H,17,20)(H,18,19). The van der Waals surface area contributed by atoms with Gasteiger partial charge in [0.1, 0.15) is 11.6 Å². The summed E-state index contributed by atoms with van der Waals surface area (Å²) in [5.41, 5.74) is 1.09. The molecule has 1 amide bonds. The van der Waals surface area contributed by atoms with E-state index < -0.39 is 17.5 Å². The van der Waals surface area contributed by atoms with Gasteiger partial charge in [0.15, 0.2) is 5.69 Å². The van der Waals surface area contributed by atoms with Crippen LogP contribution in [0.3, 0.4) is 0 Å². The molecule has 6 heteroatoms. The van der Waals surface area contributed by atoms with Crippen LogP contribution >= 0.6 is 0 Å². The van der Waals surface area contributed by atoms with Gasteiger partial charge in [0.2, 0.25) is 0 Å². The number of hydrogen-bond acceptors (Lipinski definition) is 2. The molecule has 0 saturated carbocycles. The van der Waals surface area contributed by atoms with E-state index in [4.69, 9.17) is 0 Å². The van der Waals surface area contributed by atoms with Gasteiger partial charge in [-0.05, 0) is 42.5 Å². The average molecular weight is 273 g/mol. The summed E-state index contributed by atoms with van der Waals surface area (Å²) in [5, 5.41) is 9.49. The van der Waals surface area contributed by atoms with E-state index in [-0.39, 0.29) is 5.69 Å². The van der Waals surface area contributed by atoms with Crippen LogP contribution < -0.4 is 5.32 Å². The Kier molecular flexibility index (Phi) is 2.90. The fraction of sp³-hybridized carbons (Fsp3) is 0. The first-order chi connectivity index (χ1) is 9.63. The van der Waals surface area contributed by atoms with Crippen molar-refractivity contribution in [2.24, 2.45) is 0 Å². The molecule has 1 heterocycles. The Morgan fingerprint density at radius 1 is 1.05 bits per heavy atom. The number of aromatic nitrogens is 2. The number of hydrogen-bond donors (Lipinski definition) is 2. The zero-order valence-corrected chi connectivity index (χ0v) is 10.2. The number of carbonyl (C=O) groups excluding carboxylic acids is 1. The van der Waals surface area contributed by atoms with E-state index in [1.807, 2.05) is 0 Å². The Labute approximate surface area is 112 Å². The van der Waals surface area contributed by atoms with Crippen molar-refractivity contribution in [2.75, 3.05) is 5.32 Å². The smallest absolute Gasteiger partial charge is 0.276 e. The first-order valence-electron chi connectivity index (χ1n) is 5.84. The molecule has 0 bridgehead atoms. The number of halogens is 2. The van der Waals surface area contributed by atoms with Crippen LogP contribution in [0.25, 0.3) is 10.9 Å². The molecule has 3 aromatic rings. The molecule has 0 aliphatic carbocycles. The van der Waals surface area contributed by atoms with E-state index in [1.165, 1.54) is 42.5 Å². The highest BCUT2D eigenvalue weighted by Gasteiger charge is 2.14. The lowest BCUT2D eigenvalue weighted by Gasteiger charge is -2.03. The fourth-order valence-electron chi connectivity index (χ4n) is 1.88. The number of aromatic amines is 1. The van der Waals surface area contributed by atoms with E-state index in [1.54, 1.807) is 0 Å². The molecule has 2 N–H and O–H groups in total. The maximum atomic E-state index is 13.2. The van der Waals surface area contributed by atoms with Crippen LogP contribution in [-0.4, -0.2) is 16.1 Å². The van der Waals surface area contributed by atoms with Gasteiger partial charge in [0.25, 0.3) is 5.91 Å². The van der Waals surface area contributed by atoms with Gasteiger partial charge in [0.05, 0.1) is 5.52 Å². The molecule has 0 saturated heterocycles. The Bertz CT molecular complexity index is 781. The molecule has 100 valence electrons. The minimum Gasteiger partial charge on any atom is -0.321 e. The van der Waals surface area contributed by atoms with Gasteiger partial charge >= 0.3 is 0 Å². The largest absolute Gasteiger partial charge is 0.321 e. The molecular weight excluding hydrogens is 264 g/mol. The molecule has 0 radical (unpaired) electrons. The summed E-state index contributed by atoms with van der Waals surface area (Å²) in [5.74, 6) is -1.33. The summed E-state index contributed by atoms with van der Waals surface area (Å²) in [6.45, 7) is 0. The lowest BCUT2D eigenvalue weighted by Crippen LogP contribution is -2.12. The topological polar surface area (TPSA) is 57.8 Å². The third kappa shape index (κ3) is 2.23. The van der Waals surface area contributed by atoms with Crippen molar-refractivity contribution in [2.45, 2.75) is 0 Å². The first kappa shape index (κ1) is 12.3. The second kappa shape index (κ2) is 4.73. The molecule has 0 atom stereocenters. The lowest BCUT2D eigenvalue weighted by molar-refractivity contribution is 0.102. The van der Waals surface area contributed by atoms with Crippen LogP contribution in [0.15, 0.2) is 42.5 Å². The zero-order chi connectivity index (χ0) is 14.1. The number of anilines is 1. The van der Waals surface area contributed by atoms with Crippen molar-refractivity contribution < 1.29 is 13.6 Å². The zero-order valence-electron chi connectivity index (χ0n) is 10.2. The van der Waals surface area contributed by atoms with Crippen molar-refractivity contribution in [3.05, 3.63) is 59.8 Å². The molecule has 0 aliphatic rings. The van der Waals surface area contributed by atoms with Crippen LogP contribution in [0.4, 0.5) is 14.5 Å². The van der Waals surface area contributed by atoms with Crippen LogP contribution in [0.5, 0.6) is 0 Å². The van der Waals surface area contributed by atoms with E-state index >= 15 is 0 Å². The minimum absolute atomic E-state index is 0.0869. The maximum Gasteiger partial charge on any atom is 0.276 e. The van der Waals surface area contributed by atoms with Crippen molar-refractivity contribution in [3.8, 4) is 0 Å². The molecule has 3 rings (SSSR count). The van der Waals surface area contributed by atoms with Gasteiger partial charge in [0, 0.05) is 11.1 Å². The van der Waals surface area contributed by atoms with Gasteiger partial charge in [-0.2, -0.15) is 5.10 Å². The number of nitrogens with one attached hydrogen (secondary N) is 2. The molecule has 0 unspecified atom stereocenters.